The molecule has 0 spiro atoms. The number of rotatable bonds is 3. The first kappa shape index (κ1) is 20.7. The van der Waals surface area contributed by atoms with Crippen molar-refractivity contribution in [3.8, 4) is 11.1 Å². The molecule has 3 heteroatoms. The van der Waals surface area contributed by atoms with Gasteiger partial charge >= 0.3 is 0 Å². The zero-order valence-corrected chi connectivity index (χ0v) is 19.0. The molecule has 0 aromatic rings. The lowest BCUT2D eigenvalue weighted by Crippen LogP contribution is -2.52. The van der Waals surface area contributed by atoms with Crippen molar-refractivity contribution >= 4 is 19.5 Å². The van der Waals surface area contributed by atoms with Gasteiger partial charge in [-0.1, -0.05) is 71.1 Å². The lowest BCUT2D eigenvalue weighted by molar-refractivity contribution is -0.530. The summed E-state index contributed by atoms with van der Waals surface area (Å²) in [5, 5.41) is 14.5. The maximum Gasteiger partial charge on any atom is 0.182 e. The number of hydroxylamine groups is 1. The summed E-state index contributed by atoms with van der Waals surface area (Å²) in [6, 6.07) is 10.6. The summed E-state index contributed by atoms with van der Waals surface area (Å²) >= 11 is 0. The molecule has 2 aliphatic rings. The summed E-state index contributed by atoms with van der Waals surface area (Å²) in [7, 11) is -1.82. The van der Waals surface area contributed by atoms with Gasteiger partial charge in [0.2, 0.25) is 0 Å². The summed E-state index contributed by atoms with van der Waals surface area (Å²) in [5.41, 5.74) is 4.63. The minimum Gasteiger partial charge on any atom is -0.623 e. The highest BCUT2D eigenvalue weighted by Gasteiger charge is 2.42. The average Bonchev–Trinajstić information content (AvgIpc) is 2.65. The predicted molar refractivity (Wildman–Crippen MR) is 118 cm³/mol. The second-order valence-corrected chi connectivity index (χ2v) is 15.1. The second kappa shape index (κ2) is 6.84. The third-order valence-corrected chi connectivity index (χ3v) is 11.6. The minimum atomic E-state index is -1.82. The molecule has 0 bridgehead atoms. The molecule has 0 amide bonds. The van der Waals surface area contributed by atoms with Crippen molar-refractivity contribution in [2.24, 2.45) is 0 Å². The van der Waals surface area contributed by atoms with E-state index >= 15 is 0 Å². The highest BCUT2D eigenvalue weighted by molar-refractivity contribution is 6.93. The van der Waals surface area contributed by atoms with Gasteiger partial charge in [-0.3, -0.25) is 0 Å². The highest BCUT2D eigenvalue weighted by Crippen LogP contribution is 2.41. The fraction of sp³-hybridized carbons (Fsp3) is 0.522. The summed E-state index contributed by atoms with van der Waals surface area (Å²) in [4.78, 5) is 0. The van der Waals surface area contributed by atoms with Gasteiger partial charge in [-0.05, 0) is 33.3 Å². The van der Waals surface area contributed by atoms with E-state index in [9.17, 15) is 5.21 Å². The Bertz CT molecular complexity index is 791. The Kier molecular flexibility index (Phi) is 5.45. The molecule has 0 unspecified atom stereocenters. The van der Waals surface area contributed by atoms with Crippen LogP contribution in [0.2, 0.25) is 18.1 Å². The molecule has 26 heavy (non-hydrogen) atoms. The number of nitrogens with zero attached hydrogens (tertiary/aromatic N) is 1. The molecule has 0 radical (unpaired) electrons. The van der Waals surface area contributed by atoms with Crippen molar-refractivity contribution in [3.05, 3.63) is 46.7 Å². The topological polar surface area (TPSA) is 26.1 Å². The maximum absolute atomic E-state index is 12.9. The van der Waals surface area contributed by atoms with Gasteiger partial charge < -0.3 is 5.21 Å². The molecule has 0 N–H and O–H groups in total. The lowest BCUT2D eigenvalue weighted by atomic mass is 10.1. The van der Waals surface area contributed by atoms with E-state index in [1.165, 1.54) is 21.9 Å². The van der Waals surface area contributed by atoms with Gasteiger partial charge in [-0.15, -0.1) is 0 Å². The van der Waals surface area contributed by atoms with Gasteiger partial charge in [0.05, 0.1) is 8.07 Å². The van der Waals surface area contributed by atoms with Crippen LogP contribution in [0, 0.1) is 5.21 Å². The zero-order chi connectivity index (χ0) is 19.9. The van der Waals surface area contributed by atoms with Crippen molar-refractivity contribution in [1.82, 2.24) is 0 Å². The SMILES string of the molecule is CCc1c2cccccc-2c(/C=[N+](\[O-])C(C)(C)C)c1[Si](C)(C)C(C)(C)C. The zero-order valence-electron chi connectivity index (χ0n) is 18.0. The predicted octanol–water partition coefficient (Wildman–Crippen LogP) is 5.80. The van der Waals surface area contributed by atoms with Crippen LogP contribution in [0.15, 0.2) is 30.3 Å². The van der Waals surface area contributed by atoms with E-state index in [-0.39, 0.29) is 5.04 Å². The Balaban J connectivity index is 2.97. The molecule has 2 rings (SSSR count). The first-order chi connectivity index (χ1) is 11.8. The number of hydrogen-bond donors (Lipinski definition) is 0. The third-order valence-electron chi connectivity index (χ3n) is 5.99. The summed E-state index contributed by atoms with van der Waals surface area (Å²) < 4.78 is 1.13. The quantitative estimate of drug-likeness (QED) is 0.221. The van der Waals surface area contributed by atoms with Crippen LogP contribution in [0.4, 0.5) is 0 Å². The second-order valence-electron chi connectivity index (χ2n) is 9.86. The molecule has 0 aromatic heterocycles. The standard InChI is InChI=1S/C23H35NOSi/c1-10-17-18-14-12-11-13-15-19(18)20(16-24(25)22(2,3)4)21(17)26(8,9)23(5,6)7/h11-16H,10H2,1-9H3/b24-16-. The summed E-state index contributed by atoms with van der Waals surface area (Å²) in [6.45, 7) is 20.1. The Morgan fingerprint density at radius 2 is 1.50 bits per heavy atom. The summed E-state index contributed by atoms with van der Waals surface area (Å²) in [6.07, 6.45) is 2.85. The monoisotopic (exact) mass is 369 g/mol. The normalized spacial score (nSPS) is 14.1. The van der Waals surface area contributed by atoms with Gasteiger partial charge in [0, 0.05) is 26.3 Å². The van der Waals surface area contributed by atoms with E-state index in [1.807, 2.05) is 27.0 Å². The van der Waals surface area contributed by atoms with Crippen LogP contribution in [-0.2, 0) is 6.42 Å². The van der Waals surface area contributed by atoms with Crippen LogP contribution in [0.3, 0.4) is 0 Å². The van der Waals surface area contributed by atoms with Crippen LogP contribution >= 0.6 is 0 Å². The van der Waals surface area contributed by atoms with Crippen molar-refractivity contribution in [2.75, 3.05) is 0 Å². The molecule has 0 atom stereocenters. The smallest absolute Gasteiger partial charge is 0.182 e. The van der Waals surface area contributed by atoms with Crippen LogP contribution in [0.1, 0.15) is 59.6 Å². The van der Waals surface area contributed by atoms with Crippen LogP contribution in [-0.4, -0.2) is 24.6 Å². The third kappa shape index (κ3) is 3.59. The van der Waals surface area contributed by atoms with Gasteiger partial charge in [0.25, 0.3) is 0 Å². The Labute approximate surface area is 160 Å². The van der Waals surface area contributed by atoms with Gasteiger partial charge in [-0.25, -0.2) is 4.74 Å². The van der Waals surface area contributed by atoms with E-state index in [1.54, 1.807) is 0 Å². The maximum atomic E-state index is 12.9. The van der Waals surface area contributed by atoms with Gasteiger partial charge in [0.15, 0.2) is 11.8 Å². The fourth-order valence-corrected chi connectivity index (χ4v) is 6.07. The highest BCUT2D eigenvalue weighted by atomic mass is 28.3. The van der Waals surface area contributed by atoms with Crippen molar-refractivity contribution < 1.29 is 4.74 Å². The first-order valence-corrected chi connectivity index (χ1v) is 12.7. The van der Waals surface area contributed by atoms with E-state index in [0.29, 0.717) is 0 Å². The molecular formula is C23H35NOSi. The van der Waals surface area contributed by atoms with E-state index in [4.69, 9.17) is 0 Å². The van der Waals surface area contributed by atoms with Gasteiger partial charge in [0.1, 0.15) is 0 Å². The Morgan fingerprint density at radius 3 is 1.96 bits per heavy atom. The van der Waals surface area contributed by atoms with Crippen molar-refractivity contribution in [3.63, 3.8) is 0 Å². The molecule has 2 nitrogen and oxygen atoms in total. The van der Waals surface area contributed by atoms with E-state index < -0.39 is 13.6 Å². The molecule has 0 aromatic carbocycles. The van der Waals surface area contributed by atoms with Crippen LogP contribution < -0.4 is 5.19 Å². The van der Waals surface area contributed by atoms with Crippen LogP contribution in [0.5, 0.6) is 0 Å². The molecule has 0 saturated heterocycles. The Hall–Kier alpha value is -1.61. The van der Waals surface area contributed by atoms with Crippen molar-refractivity contribution in [1.29, 1.82) is 0 Å². The molecule has 0 aliphatic heterocycles. The molecule has 0 fully saturated rings. The molecule has 0 heterocycles. The first-order valence-electron chi connectivity index (χ1n) is 9.67. The number of hydrogen-bond acceptors (Lipinski definition) is 1. The van der Waals surface area contributed by atoms with Gasteiger partial charge in [-0.2, -0.15) is 0 Å². The largest absolute Gasteiger partial charge is 0.623 e. The fourth-order valence-electron chi connectivity index (χ4n) is 3.38. The van der Waals surface area contributed by atoms with Crippen LogP contribution in [0.25, 0.3) is 11.1 Å². The number of fused-ring (bicyclic) bond motifs is 1. The Morgan fingerprint density at radius 1 is 0.962 bits per heavy atom. The van der Waals surface area contributed by atoms with E-state index in [0.717, 1.165) is 16.7 Å². The lowest BCUT2D eigenvalue weighted by Gasteiger charge is -2.38. The molecular weight excluding hydrogens is 334 g/mol. The molecule has 142 valence electrons. The molecule has 2 aliphatic carbocycles. The molecule has 0 saturated carbocycles. The summed E-state index contributed by atoms with van der Waals surface area (Å²) in [5.74, 6) is 0. The minimum absolute atomic E-state index is 0.210. The average molecular weight is 370 g/mol. The van der Waals surface area contributed by atoms with E-state index in [2.05, 4.69) is 71.1 Å². The van der Waals surface area contributed by atoms with Crippen molar-refractivity contribution in [2.45, 2.75) is 78.6 Å².